The number of carbonyl (C=O) groups excluding carboxylic acids is 1. The van der Waals surface area contributed by atoms with Crippen molar-refractivity contribution in [3.05, 3.63) is 59.1 Å². The van der Waals surface area contributed by atoms with E-state index in [1.165, 1.54) is 18.0 Å². The van der Waals surface area contributed by atoms with Crippen LogP contribution in [0.5, 0.6) is 0 Å². The zero-order valence-corrected chi connectivity index (χ0v) is 15.2. The smallest absolute Gasteiger partial charge is 0.253 e. The molecule has 1 heterocycles. The van der Waals surface area contributed by atoms with Gasteiger partial charge in [0.2, 0.25) is 0 Å². The molecule has 0 aliphatic rings. The van der Waals surface area contributed by atoms with Gasteiger partial charge in [0.05, 0.1) is 21.7 Å². The van der Waals surface area contributed by atoms with Crippen molar-refractivity contribution in [2.45, 2.75) is 16.5 Å². The number of halogens is 1. The fourth-order valence-corrected chi connectivity index (χ4v) is 4.33. The first kappa shape index (κ1) is 17.0. The zero-order valence-electron chi connectivity index (χ0n) is 12.8. The number of nitrogens with one attached hydrogen (secondary N) is 1. The third-order valence-corrected chi connectivity index (χ3v) is 5.78. The minimum Gasteiger partial charge on any atom is -0.272 e. The van der Waals surface area contributed by atoms with Gasteiger partial charge in [0, 0.05) is 10.6 Å². The Morgan fingerprint density at radius 1 is 1.29 bits per heavy atom. The van der Waals surface area contributed by atoms with Crippen LogP contribution in [0.25, 0.3) is 10.2 Å². The molecule has 24 heavy (non-hydrogen) atoms. The van der Waals surface area contributed by atoms with E-state index in [0.29, 0.717) is 5.02 Å². The van der Waals surface area contributed by atoms with Crippen LogP contribution in [0.4, 0.5) is 0 Å². The maximum atomic E-state index is 12.1. The minimum atomic E-state index is -0.297. The molecular weight excluding hydrogens is 362 g/mol. The number of hydrogen-bond acceptors (Lipinski definition) is 5. The Morgan fingerprint density at radius 3 is 2.83 bits per heavy atom. The lowest BCUT2D eigenvalue weighted by atomic mass is 10.2. The van der Waals surface area contributed by atoms with Crippen LogP contribution in [0.1, 0.15) is 12.5 Å². The molecule has 0 saturated carbocycles. The molecule has 2 aromatic carbocycles. The predicted molar refractivity (Wildman–Crippen MR) is 102 cm³/mol. The van der Waals surface area contributed by atoms with Gasteiger partial charge >= 0.3 is 0 Å². The monoisotopic (exact) mass is 375 g/mol. The molecule has 0 bridgehead atoms. The molecule has 0 aliphatic carbocycles. The average Bonchev–Trinajstić information content (AvgIpc) is 2.98. The van der Waals surface area contributed by atoms with Gasteiger partial charge in [-0.15, -0.1) is 11.3 Å². The highest BCUT2D eigenvalue weighted by molar-refractivity contribution is 8.02. The number of hydrazone groups is 1. The fourth-order valence-electron chi connectivity index (χ4n) is 1.94. The molecule has 0 fully saturated rings. The number of amides is 1. The summed E-state index contributed by atoms with van der Waals surface area (Å²) in [5.41, 5.74) is 4.25. The number of aromatic nitrogens is 1. The van der Waals surface area contributed by atoms with Gasteiger partial charge < -0.3 is 0 Å². The van der Waals surface area contributed by atoms with E-state index in [0.717, 1.165) is 20.1 Å². The molecule has 0 spiro atoms. The second-order valence-electron chi connectivity index (χ2n) is 4.96. The Kier molecular flexibility index (Phi) is 5.50. The molecule has 1 N–H and O–H groups in total. The van der Waals surface area contributed by atoms with Crippen LogP contribution in [0.15, 0.2) is 58.0 Å². The number of nitrogens with zero attached hydrogens (tertiary/aromatic N) is 2. The maximum absolute atomic E-state index is 12.1. The number of rotatable bonds is 5. The van der Waals surface area contributed by atoms with Crippen molar-refractivity contribution >= 4 is 57.0 Å². The summed E-state index contributed by atoms with van der Waals surface area (Å²) in [7, 11) is 0. The number of fused-ring (bicyclic) bond motifs is 1. The molecule has 3 rings (SSSR count). The predicted octanol–water partition coefficient (Wildman–Crippen LogP) is 4.58. The molecule has 0 saturated heterocycles. The second kappa shape index (κ2) is 7.79. The number of thiazole rings is 1. The van der Waals surface area contributed by atoms with Crippen LogP contribution in [0, 0.1) is 0 Å². The van der Waals surface area contributed by atoms with Crippen LogP contribution in [-0.4, -0.2) is 22.4 Å². The SMILES string of the molecule is CC(Sc1nc2ccccc2s1)C(=O)NN=Cc1ccccc1Cl. The second-order valence-corrected chi connectivity index (χ2v) is 7.99. The largest absolute Gasteiger partial charge is 0.272 e. The highest BCUT2D eigenvalue weighted by Gasteiger charge is 2.16. The zero-order chi connectivity index (χ0) is 16.9. The summed E-state index contributed by atoms with van der Waals surface area (Å²) in [6, 6.07) is 15.2. The molecule has 122 valence electrons. The molecular formula is C17H14ClN3OS2. The summed E-state index contributed by atoms with van der Waals surface area (Å²) < 4.78 is 1.98. The van der Waals surface area contributed by atoms with Crippen molar-refractivity contribution < 1.29 is 4.79 Å². The van der Waals surface area contributed by atoms with E-state index in [4.69, 9.17) is 11.6 Å². The number of thioether (sulfide) groups is 1. The average molecular weight is 376 g/mol. The Hall–Kier alpha value is -1.89. The molecule has 0 radical (unpaired) electrons. The van der Waals surface area contributed by atoms with Crippen molar-refractivity contribution in [2.24, 2.45) is 5.10 Å². The van der Waals surface area contributed by atoms with Crippen LogP contribution in [0.2, 0.25) is 5.02 Å². The van der Waals surface area contributed by atoms with E-state index < -0.39 is 0 Å². The lowest BCUT2D eigenvalue weighted by Gasteiger charge is -2.06. The standard InChI is InChI=1S/C17H14ClN3OS2/c1-11(23-17-20-14-8-4-5-9-15(14)24-17)16(22)21-19-10-12-6-2-3-7-13(12)18/h2-11H,1H3,(H,21,22). The van der Waals surface area contributed by atoms with E-state index in [9.17, 15) is 4.79 Å². The first-order valence-corrected chi connectivity index (χ1v) is 9.30. The van der Waals surface area contributed by atoms with E-state index >= 15 is 0 Å². The summed E-state index contributed by atoms with van der Waals surface area (Å²) >= 11 is 9.04. The van der Waals surface area contributed by atoms with E-state index in [1.807, 2.05) is 49.4 Å². The summed E-state index contributed by atoms with van der Waals surface area (Å²) in [5.74, 6) is -0.178. The summed E-state index contributed by atoms with van der Waals surface area (Å²) in [6.45, 7) is 1.83. The quantitative estimate of drug-likeness (QED) is 0.403. The summed E-state index contributed by atoms with van der Waals surface area (Å²) in [6.07, 6.45) is 1.54. The van der Waals surface area contributed by atoms with Crippen LogP contribution >= 0.6 is 34.7 Å². The minimum absolute atomic E-state index is 0.178. The fraction of sp³-hybridized carbons (Fsp3) is 0.118. The first-order chi connectivity index (χ1) is 11.6. The number of hydrogen-bond donors (Lipinski definition) is 1. The Bertz CT molecular complexity index is 861. The molecule has 0 aliphatic heterocycles. The molecule has 4 nitrogen and oxygen atoms in total. The Labute approximate surface area is 152 Å². The molecule has 1 aromatic heterocycles. The first-order valence-electron chi connectivity index (χ1n) is 7.23. The van der Waals surface area contributed by atoms with Crippen molar-refractivity contribution in [1.29, 1.82) is 0 Å². The highest BCUT2D eigenvalue weighted by Crippen LogP contribution is 2.31. The summed E-state index contributed by atoms with van der Waals surface area (Å²) in [5, 5.41) is 4.26. The Morgan fingerprint density at radius 2 is 2.04 bits per heavy atom. The van der Waals surface area contributed by atoms with Crippen LogP contribution in [-0.2, 0) is 4.79 Å². The Balaban J connectivity index is 1.59. The van der Waals surface area contributed by atoms with Crippen molar-refractivity contribution in [1.82, 2.24) is 10.4 Å². The maximum Gasteiger partial charge on any atom is 0.253 e. The van der Waals surface area contributed by atoms with Crippen molar-refractivity contribution in [2.75, 3.05) is 0 Å². The molecule has 1 atom stereocenters. The third kappa shape index (κ3) is 4.14. The third-order valence-electron chi connectivity index (χ3n) is 3.20. The number of benzene rings is 2. The van der Waals surface area contributed by atoms with E-state index in [2.05, 4.69) is 15.5 Å². The van der Waals surface area contributed by atoms with Gasteiger partial charge in [-0.25, -0.2) is 10.4 Å². The topological polar surface area (TPSA) is 54.4 Å². The van der Waals surface area contributed by atoms with Gasteiger partial charge in [0.1, 0.15) is 0 Å². The molecule has 1 amide bonds. The number of carbonyl (C=O) groups is 1. The molecule has 7 heteroatoms. The van der Waals surface area contributed by atoms with Crippen molar-refractivity contribution in [3.63, 3.8) is 0 Å². The lowest BCUT2D eigenvalue weighted by molar-refractivity contribution is -0.120. The van der Waals surface area contributed by atoms with Gasteiger partial charge in [0.25, 0.3) is 5.91 Å². The lowest BCUT2D eigenvalue weighted by Crippen LogP contribution is -2.26. The normalized spacial score (nSPS) is 12.6. The van der Waals surface area contributed by atoms with Crippen molar-refractivity contribution in [3.8, 4) is 0 Å². The molecule has 3 aromatic rings. The van der Waals surface area contributed by atoms with Gasteiger partial charge in [-0.2, -0.15) is 5.10 Å². The van der Waals surface area contributed by atoms with Crippen LogP contribution in [0.3, 0.4) is 0 Å². The number of para-hydroxylation sites is 1. The van der Waals surface area contributed by atoms with Crippen LogP contribution < -0.4 is 5.43 Å². The van der Waals surface area contributed by atoms with E-state index in [-0.39, 0.29) is 11.2 Å². The van der Waals surface area contributed by atoms with Gasteiger partial charge in [-0.3, -0.25) is 4.79 Å². The van der Waals surface area contributed by atoms with Gasteiger partial charge in [-0.05, 0) is 25.1 Å². The summed E-state index contributed by atoms with van der Waals surface area (Å²) in [4.78, 5) is 16.7. The van der Waals surface area contributed by atoms with E-state index in [1.54, 1.807) is 17.4 Å². The van der Waals surface area contributed by atoms with Gasteiger partial charge in [-0.1, -0.05) is 53.7 Å². The van der Waals surface area contributed by atoms with Gasteiger partial charge in [0.15, 0.2) is 4.34 Å². The highest BCUT2D eigenvalue weighted by atomic mass is 35.5. The molecule has 1 unspecified atom stereocenters.